The topological polar surface area (TPSA) is 36.1 Å². The molecule has 0 radical (unpaired) electrons. The molecule has 0 bridgehead atoms. The van der Waals surface area contributed by atoms with Crippen LogP contribution < -0.4 is 16.0 Å². The summed E-state index contributed by atoms with van der Waals surface area (Å²) >= 11 is 0. The van der Waals surface area contributed by atoms with Gasteiger partial charge in [-0.15, -0.1) is 0 Å². The molecule has 0 fully saturated rings. The second-order valence-electron chi connectivity index (χ2n) is 5.70. The summed E-state index contributed by atoms with van der Waals surface area (Å²) in [5.41, 5.74) is 0. The summed E-state index contributed by atoms with van der Waals surface area (Å²) in [6, 6.07) is 1.32. The number of hydrogen-bond donors (Lipinski definition) is 3. The van der Waals surface area contributed by atoms with Gasteiger partial charge in [0.2, 0.25) is 0 Å². The van der Waals surface area contributed by atoms with Gasteiger partial charge in [-0.05, 0) is 32.1 Å². The van der Waals surface area contributed by atoms with Gasteiger partial charge >= 0.3 is 0 Å². The molecule has 0 aliphatic rings. The Balaban J connectivity index is 3.25. The Kier molecular flexibility index (Phi) is 11.9. The summed E-state index contributed by atoms with van der Waals surface area (Å²) in [6.45, 7) is 15.6. The van der Waals surface area contributed by atoms with Crippen LogP contribution in [0.15, 0.2) is 0 Å². The molecule has 0 aromatic carbocycles. The molecule has 18 heavy (non-hydrogen) atoms. The predicted octanol–water partition coefficient (Wildman–Crippen LogP) is 2.38. The monoisotopic (exact) mass is 257 g/mol. The highest BCUT2D eigenvalue weighted by atomic mass is 15.0. The fourth-order valence-electron chi connectivity index (χ4n) is 2.26. The molecule has 0 aliphatic carbocycles. The highest BCUT2D eigenvalue weighted by molar-refractivity contribution is 4.65. The van der Waals surface area contributed by atoms with Crippen molar-refractivity contribution in [2.24, 2.45) is 5.92 Å². The van der Waals surface area contributed by atoms with Crippen molar-refractivity contribution in [2.75, 3.05) is 26.2 Å². The van der Waals surface area contributed by atoms with Gasteiger partial charge in [-0.3, -0.25) is 0 Å². The SMILES string of the molecule is CCC(CC)NCCNCCNC(C)CC(C)C. The van der Waals surface area contributed by atoms with Gasteiger partial charge in [-0.2, -0.15) is 0 Å². The third-order valence-electron chi connectivity index (χ3n) is 3.34. The summed E-state index contributed by atoms with van der Waals surface area (Å²) in [6.07, 6.45) is 3.71. The Hall–Kier alpha value is -0.120. The molecule has 0 heterocycles. The molecule has 110 valence electrons. The molecule has 0 rings (SSSR count). The maximum atomic E-state index is 3.56. The molecule has 3 nitrogen and oxygen atoms in total. The van der Waals surface area contributed by atoms with Crippen LogP contribution >= 0.6 is 0 Å². The number of hydrogen-bond acceptors (Lipinski definition) is 3. The van der Waals surface area contributed by atoms with E-state index in [-0.39, 0.29) is 0 Å². The molecule has 1 unspecified atom stereocenters. The van der Waals surface area contributed by atoms with E-state index in [1.54, 1.807) is 0 Å². The van der Waals surface area contributed by atoms with E-state index in [0.29, 0.717) is 12.1 Å². The lowest BCUT2D eigenvalue weighted by atomic mass is 10.1. The van der Waals surface area contributed by atoms with E-state index in [4.69, 9.17) is 0 Å². The molecule has 0 aromatic rings. The van der Waals surface area contributed by atoms with Crippen LogP contribution in [0.25, 0.3) is 0 Å². The van der Waals surface area contributed by atoms with Gasteiger partial charge in [-0.25, -0.2) is 0 Å². The first-order valence-electron chi connectivity index (χ1n) is 7.77. The van der Waals surface area contributed by atoms with E-state index >= 15 is 0 Å². The van der Waals surface area contributed by atoms with Gasteiger partial charge in [0.1, 0.15) is 0 Å². The Morgan fingerprint density at radius 2 is 1.33 bits per heavy atom. The van der Waals surface area contributed by atoms with Crippen LogP contribution in [0, 0.1) is 5.92 Å². The minimum absolute atomic E-state index is 0.634. The van der Waals surface area contributed by atoms with E-state index in [9.17, 15) is 0 Å². The van der Waals surface area contributed by atoms with E-state index < -0.39 is 0 Å². The summed E-state index contributed by atoms with van der Waals surface area (Å²) in [5, 5.41) is 10.6. The minimum Gasteiger partial charge on any atom is -0.314 e. The quantitative estimate of drug-likeness (QED) is 0.470. The zero-order chi connectivity index (χ0) is 13.8. The van der Waals surface area contributed by atoms with Crippen LogP contribution in [0.1, 0.15) is 53.9 Å². The molecule has 0 spiro atoms. The van der Waals surface area contributed by atoms with Crippen LogP contribution in [0.4, 0.5) is 0 Å². The van der Waals surface area contributed by atoms with Gasteiger partial charge < -0.3 is 16.0 Å². The summed E-state index contributed by atoms with van der Waals surface area (Å²) in [4.78, 5) is 0. The normalized spacial score (nSPS) is 13.5. The van der Waals surface area contributed by atoms with Crippen molar-refractivity contribution in [3.8, 4) is 0 Å². The van der Waals surface area contributed by atoms with E-state index in [1.807, 2.05) is 0 Å². The number of rotatable bonds is 12. The lowest BCUT2D eigenvalue weighted by Gasteiger charge is -2.17. The second-order valence-corrected chi connectivity index (χ2v) is 5.70. The van der Waals surface area contributed by atoms with Crippen molar-refractivity contribution in [3.63, 3.8) is 0 Å². The third-order valence-corrected chi connectivity index (χ3v) is 3.34. The molecule has 0 aliphatic heterocycles. The Morgan fingerprint density at radius 1 is 0.778 bits per heavy atom. The van der Waals surface area contributed by atoms with Gasteiger partial charge in [0, 0.05) is 38.3 Å². The van der Waals surface area contributed by atoms with Crippen molar-refractivity contribution in [1.29, 1.82) is 0 Å². The molecule has 3 N–H and O–H groups in total. The molecule has 0 saturated carbocycles. The molecular weight excluding hydrogens is 222 g/mol. The van der Waals surface area contributed by atoms with Crippen molar-refractivity contribution in [1.82, 2.24) is 16.0 Å². The first-order valence-corrected chi connectivity index (χ1v) is 7.77. The van der Waals surface area contributed by atoms with Gasteiger partial charge in [0.05, 0.1) is 0 Å². The second kappa shape index (κ2) is 11.9. The zero-order valence-electron chi connectivity index (χ0n) is 13.2. The minimum atomic E-state index is 0.634. The van der Waals surface area contributed by atoms with Crippen LogP contribution in [0.3, 0.4) is 0 Å². The van der Waals surface area contributed by atoms with E-state index in [0.717, 1.165) is 32.1 Å². The maximum absolute atomic E-state index is 3.56. The van der Waals surface area contributed by atoms with Crippen molar-refractivity contribution < 1.29 is 0 Å². The average Bonchev–Trinajstić information content (AvgIpc) is 2.32. The van der Waals surface area contributed by atoms with Crippen molar-refractivity contribution >= 4 is 0 Å². The fourth-order valence-corrected chi connectivity index (χ4v) is 2.26. The first kappa shape index (κ1) is 17.9. The maximum Gasteiger partial charge on any atom is 0.00793 e. The number of nitrogens with one attached hydrogen (secondary N) is 3. The highest BCUT2D eigenvalue weighted by Crippen LogP contribution is 2.02. The lowest BCUT2D eigenvalue weighted by Crippen LogP contribution is -2.38. The van der Waals surface area contributed by atoms with Gasteiger partial charge in [0.15, 0.2) is 0 Å². The predicted molar refractivity (Wildman–Crippen MR) is 82.2 cm³/mol. The van der Waals surface area contributed by atoms with Crippen molar-refractivity contribution in [2.45, 2.75) is 66.0 Å². The lowest BCUT2D eigenvalue weighted by molar-refractivity contribution is 0.434. The van der Waals surface area contributed by atoms with Crippen LogP contribution in [-0.2, 0) is 0 Å². The Bertz CT molecular complexity index is 167. The standard InChI is InChI=1S/C15H35N3/c1-6-15(7-2)18-11-9-16-8-10-17-14(5)12-13(3)4/h13-18H,6-12H2,1-5H3. The smallest absolute Gasteiger partial charge is 0.00793 e. The highest BCUT2D eigenvalue weighted by Gasteiger charge is 2.03. The molecule has 0 amide bonds. The van der Waals surface area contributed by atoms with Crippen LogP contribution in [0.2, 0.25) is 0 Å². The molecule has 0 saturated heterocycles. The van der Waals surface area contributed by atoms with Gasteiger partial charge in [0.25, 0.3) is 0 Å². The van der Waals surface area contributed by atoms with Crippen LogP contribution in [0.5, 0.6) is 0 Å². The van der Waals surface area contributed by atoms with Crippen molar-refractivity contribution in [3.05, 3.63) is 0 Å². The fraction of sp³-hybridized carbons (Fsp3) is 1.00. The van der Waals surface area contributed by atoms with Crippen LogP contribution in [-0.4, -0.2) is 38.3 Å². The van der Waals surface area contributed by atoms with E-state index in [2.05, 4.69) is 50.6 Å². The molecule has 3 heteroatoms. The summed E-state index contributed by atoms with van der Waals surface area (Å²) in [5.74, 6) is 0.782. The largest absolute Gasteiger partial charge is 0.314 e. The summed E-state index contributed by atoms with van der Waals surface area (Å²) < 4.78 is 0. The average molecular weight is 257 g/mol. The van der Waals surface area contributed by atoms with Gasteiger partial charge in [-0.1, -0.05) is 27.7 Å². The summed E-state index contributed by atoms with van der Waals surface area (Å²) in [7, 11) is 0. The molecule has 1 atom stereocenters. The first-order chi connectivity index (χ1) is 8.60. The Labute approximate surface area is 114 Å². The zero-order valence-corrected chi connectivity index (χ0v) is 13.2. The molecular formula is C15H35N3. The Morgan fingerprint density at radius 3 is 1.83 bits per heavy atom. The van der Waals surface area contributed by atoms with E-state index in [1.165, 1.54) is 19.3 Å². The third kappa shape index (κ3) is 11.0. The molecule has 0 aromatic heterocycles.